The number of ether oxygens (including phenoxy) is 2. The Labute approximate surface area is 275 Å². The second kappa shape index (κ2) is 14.4. The predicted octanol–water partition coefficient (Wildman–Crippen LogP) is 4.36. The molecule has 2 aromatic heterocycles. The molecule has 1 aliphatic heterocycles. The van der Waals surface area contributed by atoms with Crippen LogP contribution in [0.15, 0.2) is 59.7 Å². The third-order valence-electron chi connectivity index (χ3n) is 7.79. The number of aromatic nitrogens is 4. The lowest BCUT2D eigenvalue weighted by atomic mass is 9.96. The highest BCUT2D eigenvalue weighted by Crippen LogP contribution is 2.39. The molecule has 2 aromatic carbocycles. The van der Waals surface area contributed by atoms with Crippen molar-refractivity contribution in [3.8, 4) is 28.3 Å². The molecule has 244 valence electrons. The molecular formula is C33H34ClN7O6. The lowest BCUT2D eigenvalue weighted by molar-refractivity contribution is -0.119. The first-order valence-electron chi connectivity index (χ1n) is 14.9. The first-order valence-corrected chi connectivity index (χ1v) is 15.3. The molecule has 0 aliphatic carbocycles. The molecule has 14 heteroatoms. The van der Waals surface area contributed by atoms with Gasteiger partial charge in [0.1, 0.15) is 11.3 Å². The van der Waals surface area contributed by atoms with Crippen molar-refractivity contribution in [1.82, 2.24) is 30.0 Å². The van der Waals surface area contributed by atoms with Crippen molar-refractivity contribution in [2.45, 2.75) is 39.3 Å². The van der Waals surface area contributed by atoms with Crippen molar-refractivity contribution < 1.29 is 23.9 Å². The minimum atomic E-state index is -0.551. The van der Waals surface area contributed by atoms with Crippen LogP contribution in [0, 0.1) is 6.92 Å². The molecule has 2 N–H and O–H groups in total. The number of rotatable bonds is 10. The minimum Gasteiger partial charge on any atom is -0.480 e. The van der Waals surface area contributed by atoms with Gasteiger partial charge in [-0.15, -0.1) is 0 Å². The van der Waals surface area contributed by atoms with Crippen LogP contribution in [-0.4, -0.2) is 68.9 Å². The zero-order chi connectivity index (χ0) is 33.7. The van der Waals surface area contributed by atoms with Crippen LogP contribution in [0.3, 0.4) is 0 Å². The number of aryl methyl sites for hydroxylation is 1. The molecule has 0 unspecified atom stereocenters. The lowest BCUT2D eigenvalue weighted by Crippen LogP contribution is -2.42. The third kappa shape index (κ3) is 7.25. The number of nitrogens with one attached hydrogen (secondary N) is 2. The summed E-state index contributed by atoms with van der Waals surface area (Å²) >= 11 is 6.99. The van der Waals surface area contributed by atoms with E-state index in [9.17, 15) is 19.2 Å². The Morgan fingerprint density at radius 2 is 1.87 bits per heavy atom. The molecule has 1 fully saturated rings. The van der Waals surface area contributed by atoms with Gasteiger partial charge in [0.2, 0.25) is 11.8 Å². The van der Waals surface area contributed by atoms with Crippen molar-refractivity contribution in [3.05, 3.63) is 87.1 Å². The number of anilines is 1. The summed E-state index contributed by atoms with van der Waals surface area (Å²) in [5.41, 5.74) is 3.61. The van der Waals surface area contributed by atoms with E-state index in [4.69, 9.17) is 21.1 Å². The van der Waals surface area contributed by atoms with Gasteiger partial charge in [0.25, 0.3) is 11.5 Å². The predicted molar refractivity (Wildman–Crippen MR) is 175 cm³/mol. The number of benzene rings is 2. The number of hydrogen-bond acceptors (Lipinski definition) is 9. The topological polar surface area (TPSA) is 158 Å². The Morgan fingerprint density at radius 3 is 2.60 bits per heavy atom. The maximum absolute atomic E-state index is 13.0. The number of carbonyl (C=O) groups is 3. The molecule has 0 radical (unpaired) electrons. The van der Waals surface area contributed by atoms with Crippen molar-refractivity contribution in [2.24, 2.45) is 7.05 Å². The molecular weight excluding hydrogens is 626 g/mol. The Kier molecular flexibility index (Phi) is 10.1. The third-order valence-corrected chi connectivity index (χ3v) is 8.20. The molecule has 0 saturated carbocycles. The van der Waals surface area contributed by atoms with Crippen molar-refractivity contribution in [1.29, 1.82) is 0 Å². The van der Waals surface area contributed by atoms with Crippen LogP contribution in [0.25, 0.3) is 22.4 Å². The van der Waals surface area contributed by atoms with Gasteiger partial charge in [0.15, 0.2) is 0 Å². The van der Waals surface area contributed by atoms with Gasteiger partial charge in [-0.25, -0.2) is 14.5 Å². The van der Waals surface area contributed by atoms with Crippen LogP contribution < -0.4 is 20.9 Å². The summed E-state index contributed by atoms with van der Waals surface area (Å²) in [6.45, 7) is 4.08. The average Bonchev–Trinajstić information content (AvgIpc) is 3.47. The molecule has 47 heavy (non-hydrogen) atoms. The molecule has 3 heterocycles. The maximum Gasteiger partial charge on any atom is 0.410 e. The summed E-state index contributed by atoms with van der Waals surface area (Å²) in [5, 5.41) is 9.97. The van der Waals surface area contributed by atoms with E-state index in [2.05, 4.69) is 25.7 Å². The SMILES string of the molecule is CCOC(=O)N(Cc1ncc(-c2cccc(-c3cccc(NC(=O)c4ccnn(C)c4=O)c3C)c2Cl)nc1OC)C[C@@H]1CCC(=O)N1. The van der Waals surface area contributed by atoms with Gasteiger partial charge in [-0.05, 0) is 43.5 Å². The number of halogens is 1. The fourth-order valence-corrected chi connectivity index (χ4v) is 5.67. The van der Waals surface area contributed by atoms with E-state index in [1.807, 2.05) is 31.2 Å². The fourth-order valence-electron chi connectivity index (χ4n) is 5.35. The zero-order valence-corrected chi connectivity index (χ0v) is 27.1. The van der Waals surface area contributed by atoms with Gasteiger partial charge < -0.3 is 25.0 Å². The summed E-state index contributed by atoms with van der Waals surface area (Å²) in [7, 11) is 2.94. The molecule has 3 amide bonds. The van der Waals surface area contributed by atoms with E-state index < -0.39 is 17.6 Å². The van der Waals surface area contributed by atoms with E-state index in [-0.39, 0.29) is 43.1 Å². The van der Waals surface area contributed by atoms with Gasteiger partial charge >= 0.3 is 6.09 Å². The molecule has 4 aromatic rings. The van der Waals surface area contributed by atoms with Crippen molar-refractivity contribution in [3.63, 3.8) is 0 Å². The first kappa shape index (κ1) is 33.1. The normalized spacial score (nSPS) is 14.0. The van der Waals surface area contributed by atoms with Gasteiger partial charge in [-0.2, -0.15) is 5.10 Å². The summed E-state index contributed by atoms with van der Waals surface area (Å²) < 4.78 is 11.9. The monoisotopic (exact) mass is 659 g/mol. The largest absolute Gasteiger partial charge is 0.480 e. The Hall–Kier alpha value is -5.30. The van der Waals surface area contributed by atoms with Crippen LogP contribution in [-0.2, 0) is 23.1 Å². The van der Waals surface area contributed by atoms with Crippen LogP contribution in [0.5, 0.6) is 5.88 Å². The number of methoxy groups -OCH3 is 1. The lowest BCUT2D eigenvalue weighted by Gasteiger charge is -2.25. The quantitative estimate of drug-likeness (QED) is 0.252. The highest BCUT2D eigenvalue weighted by atomic mass is 35.5. The highest BCUT2D eigenvalue weighted by Gasteiger charge is 2.28. The Morgan fingerprint density at radius 1 is 1.13 bits per heavy atom. The molecule has 0 spiro atoms. The number of carbonyl (C=O) groups excluding carboxylic acids is 3. The number of hydrogen-bond donors (Lipinski definition) is 2. The fraction of sp³-hybridized carbons (Fsp3) is 0.303. The van der Waals surface area contributed by atoms with Crippen LogP contribution in [0.4, 0.5) is 10.5 Å². The van der Waals surface area contributed by atoms with Gasteiger partial charge in [-0.1, -0.05) is 41.9 Å². The van der Waals surface area contributed by atoms with E-state index in [1.54, 1.807) is 25.3 Å². The van der Waals surface area contributed by atoms with E-state index in [1.165, 1.54) is 31.3 Å². The van der Waals surface area contributed by atoms with Gasteiger partial charge in [0.05, 0.1) is 37.2 Å². The zero-order valence-electron chi connectivity index (χ0n) is 26.4. The van der Waals surface area contributed by atoms with E-state index in [0.29, 0.717) is 46.1 Å². The maximum atomic E-state index is 13.0. The smallest absolute Gasteiger partial charge is 0.410 e. The molecule has 1 aliphatic rings. The summed E-state index contributed by atoms with van der Waals surface area (Å²) in [5.74, 6) is -0.398. The summed E-state index contributed by atoms with van der Waals surface area (Å²) in [6.07, 6.45) is 3.44. The number of nitrogens with zero attached hydrogens (tertiary/aromatic N) is 5. The van der Waals surface area contributed by atoms with E-state index in [0.717, 1.165) is 15.8 Å². The summed E-state index contributed by atoms with van der Waals surface area (Å²) in [6, 6.07) is 12.1. The summed E-state index contributed by atoms with van der Waals surface area (Å²) in [4.78, 5) is 60.6. The van der Waals surface area contributed by atoms with Crippen LogP contribution in [0.2, 0.25) is 5.02 Å². The standard InChI is InChI=1S/C33H34ClN7O6/c1-5-47-33(45)41(17-20-12-13-28(42)37-20)18-27-31(46-4)39-26(16-35-27)23-10-6-9-22(29(23)34)21-8-7-11-25(19(21)2)38-30(43)24-14-15-36-40(3)32(24)44/h6-11,14-16,20H,5,12-13,17-18H2,1-4H3,(H,37,42)(H,38,43)/t20-/m0/s1. The van der Waals surface area contributed by atoms with E-state index >= 15 is 0 Å². The van der Waals surface area contributed by atoms with Crippen LogP contribution in [0.1, 0.15) is 41.4 Å². The van der Waals surface area contributed by atoms with Gasteiger partial charge in [-0.3, -0.25) is 19.4 Å². The van der Waals surface area contributed by atoms with Gasteiger partial charge in [0, 0.05) is 49.1 Å². The van der Waals surface area contributed by atoms with Crippen LogP contribution >= 0.6 is 11.6 Å². The molecule has 1 atom stereocenters. The molecule has 0 bridgehead atoms. The molecule has 5 rings (SSSR count). The second-order valence-corrected chi connectivity index (χ2v) is 11.2. The minimum absolute atomic E-state index is 0.0287. The first-order chi connectivity index (χ1) is 22.6. The molecule has 1 saturated heterocycles. The highest BCUT2D eigenvalue weighted by molar-refractivity contribution is 6.36. The molecule has 13 nitrogen and oxygen atoms in total. The van der Waals surface area contributed by atoms with Crippen molar-refractivity contribution in [2.75, 3.05) is 25.6 Å². The average molecular weight is 660 g/mol. The second-order valence-electron chi connectivity index (χ2n) is 10.9. The Bertz CT molecular complexity index is 1900. The number of amides is 3. The Balaban J connectivity index is 1.42. The van der Waals surface area contributed by atoms with Crippen molar-refractivity contribution >= 4 is 35.2 Å².